The van der Waals surface area contributed by atoms with Crippen molar-refractivity contribution < 1.29 is 24.1 Å². The Bertz CT molecular complexity index is 942. The fourth-order valence-electron chi connectivity index (χ4n) is 2.48. The van der Waals surface area contributed by atoms with E-state index in [2.05, 4.69) is 0 Å². The van der Waals surface area contributed by atoms with Gasteiger partial charge in [-0.2, -0.15) is 0 Å². The molecule has 6 nitrogen and oxygen atoms in total. The maximum atomic E-state index is 12.4. The van der Waals surface area contributed by atoms with Gasteiger partial charge in [-0.15, -0.1) is 0 Å². The monoisotopic (exact) mass is 298 g/mol. The van der Waals surface area contributed by atoms with Crippen LogP contribution in [0.4, 0.5) is 0 Å². The lowest BCUT2D eigenvalue weighted by Crippen LogP contribution is -2.02. The molecule has 2 N–H and O–H groups in total. The molecular weight excluding hydrogens is 288 g/mol. The maximum absolute atomic E-state index is 12.4. The first-order chi connectivity index (χ1) is 10.7. The van der Waals surface area contributed by atoms with Crippen molar-refractivity contribution in [2.75, 3.05) is 6.79 Å². The Kier molecular flexibility index (Phi) is 2.53. The van der Waals surface area contributed by atoms with Crippen molar-refractivity contribution in [3.63, 3.8) is 0 Å². The van der Waals surface area contributed by atoms with E-state index in [9.17, 15) is 15.0 Å². The highest BCUT2D eigenvalue weighted by Gasteiger charge is 2.29. The minimum absolute atomic E-state index is 0.0440. The molecular formula is C16H10O6. The third-order valence-electron chi connectivity index (χ3n) is 3.50. The number of phenolic OH excluding ortho intramolecular Hbond substituents is 2. The Hall–Kier alpha value is -3.15. The van der Waals surface area contributed by atoms with Crippen LogP contribution in [0.25, 0.3) is 22.3 Å². The average molecular weight is 298 g/mol. The molecule has 0 saturated heterocycles. The number of hydrogen-bond donors (Lipinski definition) is 2. The Morgan fingerprint density at radius 2 is 1.68 bits per heavy atom. The molecule has 0 atom stereocenters. The molecule has 0 aliphatic carbocycles. The Balaban J connectivity index is 2.10. The summed E-state index contributed by atoms with van der Waals surface area (Å²) in [6, 6.07) is 10.3. The van der Waals surface area contributed by atoms with Crippen LogP contribution in [-0.4, -0.2) is 17.0 Å². The van der Waals surface area contributed by atoms with Crippen LogP contribution in [0.15, 0.2) is 45.6 Å². The molecule has 0 fully saturated rings. The van der Waals surface area contributed by atoms with Gasteiger partial charge in [0, 0.05) is 11.6 Å². The minimum Gasteiger partial charge on any atom is -0.502 e. The Morgan fingerprint density at radius 3 is 2.45 bits per heavy atom. The van der Waals surface area contributed by atoms with Gasteiger partial charge in [0.1, 0.15) is 11.1 Å². The van der Waals surface area contributed by atoms with Crippen molar-refractivity contribution in [1.29, 1.82) is 0 Å². The summed E-state index contributed by atoms with van der Waals surface area (Å²) in [5.74, 6) is -0.738. The van der Waals surface area contributed by atoms with E-state index < -0.39 is 16.9 Å². The quantitative estimate of drug-likeness (QED) is 0.671. The van der Waals surface area contributed by atoms with Gasteiger partial charge in [0.25, 0.3) is 0 Å². The molecule has 0 amide bonds. The molecule has 1 aromatic heterocycles. The molecule has 2 heterocycles. The summed E-state index contributed by atoms with van der Waals surface area (Å²) in [6.07, 6.45) is 0. The average Bonchev–Trinajstić information content (AvgIpc) is 3.02. The summed E-state index contributed by atoms with van der Waals surface area (Å²) < 4.78 is 15.9. The van der Waals surface area contributed by atoms with Crippen LogP contribution in [-0.2, 0) is 0 Å². The van der Waals surface area contributed by atoms with Crippen molar-refractivity contribution in [3.8, 4) is 34.3 Å². The lowest BCUT2D eigenvalue weighted by molar-refractivity contribution is 0.172. The lowest BCUT2D eigenvalue weighted by atomic mass is 10.1. The van der Waals surface area contributed by atoms with E-state index in [1.807, 2.05) is 6.07 Å². The molecule has 0 spiro atoms. The standard InChI is InChI=1S/C16H10O6/c17-9-6-10(8-4-2-1-3-5-8)22-14-11(9)15-16(21-7-20-15)13(19)12(14)18/h1-6,18-19H,7H2. The summed E-state index contributed by atoms with van der Waals surface area (Å²) in [6.45, 7) is -0.138. The fourth-order valence-corrected chi connectivity index (χ4v) is 2.48. The predicted octanol–water partition coefficient (Wildman–Crippen LogP) is 2.60. The van der Waals surface area contributed by atoms with Gasteiger partial charge in [0.05, 0.1) is 0 Å². The van der Waals surface area contributed by atoms with E-state index in [-0.39, 0.29) is 35.0 Å². The van der Waals surface area contributed by atoms with Gasteiger partial charge in [-0.3, -0.25) is 4.79 Å². The summed E-state index contributed by atoms with van der Waals surface area (Å²) in [4.78, 5) is 12.4. The van der Waals surface area contributed by atoms with Crippen LogP contribution < -0.4 is 14.9 Å². The van der Waals surface area contributed by atoms with Gasteiger partial charge in [0.2, 0.25) is 24.0 Å². The van der Waals surface area contributed by atoms with Gasteiger partial charge >= 0.3 is 0 Å². The third-order valence-corrected chi connectivity index (χ3v) is 3.50. The van der Waals surface area contributed by atoms with Crippen LogP contribution in [0.2, 0.25) is 0 Å². The Morgan fingerprint density at radius 1 is 0.955 bits per heavy atom. The zero-order valence-corrected chi connectivity index (χ0v) is 11.2. The number of hydrogen-bond acceptors (Lipinski definition) is 6. The van der Waals surface area contributed by atoms with Crippen LogP contribution in [0.5, 0.6) is 23.0 Å². The van der Waals surface area contributed by atoms with E-state index in [0.29, 0.717) is 5.56 Å². The summed E-state index contributed by atoms with van der Waals surface area (Å²) in [5, 5.41) is 20.1. The van der Waals surface area contributed by atoms with Crippen molar-refractivity contribution >= 4 is 11.0 Å². The predicted molar refractivity (Wildman–Crippen MR) is 77.4 cm³/mol. The Labute approximate surface area is 123 Å². The number of fused-ring (bicyclic) bond motifs is 3. The van der Waals surface area contributed by atoms with Crippen molar-refractivity contribution in [1.82, 2.24) is 0 Å². The van der Waals surface area contributed by atoms with Gasteiger partial charge in [-0.25, -0.2) is 0 Å². The van der Waals surface area contributed by atoms with E-state index in [4.69, 9.17) is 13.9 Å². The second-order valence-corrected chi connectivity index (χ2v) is 4.81. The van der Waals surface area contributed by atoms with Crippen molar-refractivity contribution in [2.45, 2.75) is 0 Å². The largest absolute Gasteiger partial charge is 0.502 e. The minimum atomic E-state index is -0.547. The van der Waals surface area contributed by atoms with E-state index in [0.717, 1.165) is 0 Å². The fraction of sp³-hybridized carbons (Fsp3) is 0.0625. The van der Waals surface area contributed by atoms with Crippen molar-refractivity contribution in [3.05, 3.63) is 46.6 Å². The number of aromatic hydroxyl groups is 2. The van der Waals surface area contributed by atoms with Crippen LogP contribution in [0.3, 0.4) is 0 Å². The second kappa shape index (κ2) is 4.42. The summed E-state index contributed by atoms with van der Waals surface area (Å²) in [7, 11) is 0. The number of phenols is 2. The molecule has 0 bridgehead atoms. The summed E-state index contributed by atoms with van der Waals surface area (Å²) in [5.41, 5.74) is 0.156. The highest BCUT2D eigenvalue weighted by atomic mass is 16.7. The number of benzene rings is 2. The first-order valence-corrected chi connectivity index (χ1v) is 6.53. The molecule has 22 heavy (non-hydrogen) atoms. The molecule has 3 aromatic rings. The van der Waals surface area contributed by atoms with E-state index in [1.54, 1.807) is 24.3 Å². The lowest BCUT2D eigenvalue weighted by Gasteiger charge is -2.08. The van der Waals surface area contributed by atoms with Gasteiger partial charge in [-0.05, 0) is 0 Å². The van der Waals surface area contributed by atoms with Crippen LogP contribution >= 0.6 is 0 Å². The molecule has 4 rings (SSSR count). The van der Waals surface area contributed by atoms with Crippen molar-refractivity contribution in [2.24, 2.45) is 0 Å². The maximum Gasteiger partial charge on any atom is 0.231 e. The highest BCUT2D eigenvalue weighted by molar-refractivity contribution is 5.95. The molecule has 1 aliphatic heterocycles. The molecule has 110 valence electrons. The molecule has 0 saturated carbocycles. The van der Waals surface area contributed by atoms with Gasteiger partial charge in [0.15, 0.2) is 16.8 Å². The van der Waals surface area contributed by atoms with Gasteiger partial charge < -0.3 is 24.1 Å². The molecule has 1 aliphatic rings. The zero-order valence-electron chi connectivity index (χ0n) is 11.2. The number of rotatable bonds is 1. The topological polar surface area (TPSA) is 89.1 Å². The normalized spacial score (nSPS) is 12.7. The molecule has 2 aromatic carbocycles. The van der Waals surface area contributed by atoms with Crippen LogP contribution in [0.1, 0.15) is 0 Å². The van der Waals surface area contributed by atoms with E-state index in [1.165, 1.54) is 6.07 Å². The third kappa shape index (κ3) is 1.64. The number of ether oxygens (including phenoxy) is 2. The highest BCUT2D eigenvalue weighted by Crippen LogP contribution is 2.51. The molecule has 0 radical (unpaired) electrons. The van der Waals surface area contributed by atoms with E-state index >= 15 is 0 Å². The first-order valence-electron chi connectivity index (χ1n) is 6.53. The SMILES string of the molecule is O=c1cc(-c2ccccc2)oc2c(O)c(O)c3c(c12)OCO3. The molecule has 0 unspecified atom stereocenters. The second-order valence-electron chi connectivity index (χ2n) is 4.81. The smallest absolute Gasteiger partial charge is 0.231 e. The van der Waals surface area contributed by atoms with Crippen LogP contribution in [0, 0.1) is 0 Å². The van der Waals surface area contributed by atoms with Gasteiger partial charge in [-0.1, -0.05) is 30.3 Å². The molecule has 6 heteroatoms. The summed E-state index contributed by atoms with van der Waals surface area (Å²) >= 11 is 0. The first kappa shape index (κ1) is 12.6. The zero-order chi connectivity index (χ0) is 15.3.